The molecule has 0 heterocycles. The molecule has 0 saturated carbocycles. The molecule has 0 bridgehead atoms. The second-order valence-electron chi connectivity index (χ2n) is 5.60. The molecule has 29 heavy (non-hydrogen) atoms. The minimum Gasteiger partial charge on any atom is -0.504 e. The van der Waals surface area contributed by atoms with E-state index in [2.05, 4.69) is 0 Å². The minimum absolute atomic E-state index is 0.0402. The third kappa shape index (κ3) is 3.63. The molecule has 158 valence electrons. The van der Waals surface area contributed by atoms with Crippen molar-refractivity contribution in [3.05, 3.63) is 23.3 Å². The number of benzene rings is 2. The topological polar surface area (TPSA) is 102 Å². The first-order valence-corrected chi connectivity index (χ1v) is 8.37. The Bertz CT molecular complexity index is 906. The van der Waals surface area contributed by atoms with Crippen LogP contribution in [0.1, 0.15) is 15.9 Å². The molecule has 0 aliphatic heterocycles. The van der Waals surface area contributed by atoms with E-state index in [9.17, 15) is 9.90 Å². The van der Waals surface area contributed by atoms with Crippen LogP contribution in [0.25, 0.3) is 0 Å². The highest BCUT2D eigenvalue weighted by Crippen LogP contribution is 2.50. The fourth-order valence-corrected chi connectivity index (χ4v) is 2.96. The van der Waals surface area contributed by atoms with Crippen molar-refractivity contribution in [2.45, 2.75) is 0 Å². The highest BCUT2D eigenvalue weighted by molar-refractivity contribution is 6.14. The Morgan fingerprint density at radius 2 is 1.00 bits per heavy atom. The van der Waals surface area contributed by atoms with E-state index in [1.807, 2.05) is 0 Å². The Morgan fingerprint density at radius 3 is 1.41 bits per heavy atom. The Kier molecular flexibility index (Phi) is 6.87. The average molecular weight is 408 g/mol. The van der Waals surface area contributed by atoms with Gasteiger partial charge in [-0.25, -0.2) is 0 Å². The van der Waals surface area contributed by atoms with E-state index in [1.54, 1.807) is 0 Å². The monoisotopic (exact) mass is 408 g/mol. The van der Waals surface area contributed by atoms with Crippen molar-refractivity contribution in [2.75, 3.05) is 49.8 Å². The van der Waals surface area contributed by atoms with Gasteiger partial charge in [0.05, 0.1) is 60.9 Å². The molecule has 9 heteroatoms. The van der Waals surface area contributed by atoms with Crippen LogP contribution in [0.2, 0.25) is 0 Å². The summed E-state index contributed by atoms with van der Waals surface area (Å²) in [5.41, 5.74) is -0.0151. The lowest BCUT2D eigenvalue weighted by molar-refractivity contribution is 0.103. The first kappa shape index (κ1) is 21.8. The molecule has 0 fully saturated rings. The van der Waals surface area contributed by atoms with Crippen LogP contribution >= 0.6 is 0 Å². The van der Waals surface area contributed by atoms with E-state index >= 15 is 0 Å². The zero-order chi connectivity index (χ0) is 21.7. The normalized spacial score (nSPS) is 10.2. The van der Waals surface area contributed by atoms with Crippen molar-refractivity contribution < 1.29 is 43.1 Å². The molecule has 9 nitrogen and oxygen atoms in total. The van der Waals surface area contributed by atoms with Gasteiger partial charge in [-0.3, -0.25) is 4.79 Å². The Morgan fingerprint density at radius 1 is 0.586 bits per heavy atom. The van der Waals surface area contributed by atoms with Crippen molar-refractivity contribution >= 4 is 5.78 Å². The maximum absolute atomic E-state index is 13.4. The molecule has 0 saturated heterocycles. The third-order valence-electron chi connectivity index (χ3n) is 4.28. The van der Waals surface area contributed by atoms with Crippen molar-refractivity contribution in [1.29, 1.82) is 0 Å². The number of rotatable bonds is 9. The molecule has 0 atom stereocenters. The maximum Gasteiger partial charge on any atom is 0.208 e. The summed E-state index contributed by atoms with van der Waals surface area (Å²) in [6, 6.07) is 2.78. The maximum atomic E-state index is 13.4. The zero-order valence-corrected chi connectivity index (χ0v) is 17.4. The van der Waals surface area contributed by atoms with Gasteiger partial charge >= 0.3 is 0 Å². The van der Waals surface area contributed by atoms with Gasteiger partial charge in [0.25, 0.3) is 0 Å². The SMILES string of the molecule is COc1cc(C(=O)c2cc(OC)c(OC)c(OC)c2OC)c(O)c(OC)c1OC. The van der Waals surface area contributed by atoms with E-state index in [4.69, 9.17) is 33.2 Å². The summed E-state index contributed by atoms with van der Waals surface area (Å²) in [4.78, 5) is 13.4. The van der Waals surface area contributed by atoms with Gasteiger partial charge in [-0.2, -0.15) is 0 Å². The van der Waals surface area contributed by atoms with Crippen LogP contribution in [0.15, 0.2) is 12.1 Å². The lowest BCUT2D eigenvalue weighted by Gasteiger charge is -2.19. The summed E-state index contributed by atoms with van der Waals surface area (Å²) in [6.45, 7) is 0. The van der Waals surface area contributed by atoms with E-state index in [0.717, 1.165) is 0 Å². The summed E-state index contributed by atoms with van der Waals surface area (Å²) in [5.74, 6) is 0.120. The first-order valence-electron chi connectivity index (χ1n) is 8.37. The fourth-order valence-electron chi connectivity index (χ4n) is 2.96. The van der Waals surface area contributed by atoms with Crippen LogP contribution in [0.4, 0.5) is 0 Å². The molecule has 1 N–H and O–H groups in total. The molecule has 0 aromatic heterocycles. The molecule has 0 spiro atoms. The molecule has 2 aromatic rings. The molecular formula is C20H24O9. The lowest BCUT2D eigenvalue weighted by Crippen LogP contribution is -2.09. The minimum atomic E-state index is -0.585. The van der Waals surface area contributed by atoms with Gasteiger partial charge in [-0.1, -0.05) is 0 Å². The second-order valence-corrected chi connectivity index (χ2v) is 5.60. The number of aromatic hydroxyl groups is 1. The zero-order valence-electron chi connectivity index (χ0n) is 17.4. The van der Waals surface area contributed by atoms with Crippen LogP contribution in [-0.4, -0.2) is 60.7 Å². The predicted molar refractivity (Wildman–Crippen MR) is 104 cm³/mol. The number of carbonyl (C=O) groups is 1. The number of hydrogen-bond acceptors (Lipinski definition) is 9. The largest absolute Gasteiger partial charge is 0.504 e. The quantitative estimate of drug-likeness (QED) is 0.627. The molecule has 2 aromatic carbocycles. The second kappa shape index (κ2) is 9.13. The van der Waals surface area contributed by atoms with Gasteiger partial charge in [0.15, 0.2) is 23.0 Å². The van der Waals surface area contributed by atoms with Gasteiger partial charge in [0, 0.05) is 0 Å². The van der Waals surface area contributed by atoms with Crippen LogP contribution in [0, 0.1) is 0 Å². The lowest BCUT2D eigenvalue weighted by atomic mass is 9.99. The fraction of sp³-hybridized carbons (Fsp3) is 0.350. The van der Waals surface area contributed by atoms with Crippen LogP contribution in [-0.2, 0) is 0 Å². The Labute approximate surface area is 168 Å². The van der Waals surface area contributed by atoms with Gasteiger partial charge in [0.1, 0.15) is 0 Å². The number of ketones is 1. The number of phenols is 1. The summed E-state index contributed by atoms with van der Waals surface area (Å²) < 4.78 is 37.1. The molecule has 0 unspecified atom stereocenters. The van der Waals surface area contributed by atoms with E-state index in [0.29, 0.717) is 0 Å². The number of carbonyl (C=O) groups excluding carboxylic acids is 1. The van der Waals surface area contributed by atoms with E-state index in [-0.39, 0.29) is 51.4 Å². The van der Waals surface area contributed by atoms with Crippen molar-refractivity contribution in [3.8, 4) is 46.0 Å². The molecule has 0 aliphatic rings. The standard InChI is InChI=1S/C20H24O9/c1-23-12-8-10(15(22)19(28-6)17(12)26-4)14(21)11-9-13(24-2)18(27-5)20(29-7)16(11)25-3/h8-9,22H,1-7H3. The van der Waals surface area contributed by atoms with Crippen LogP contribution < -0.4 is 33.2 Å². The van der Waals surface area contributed by atoms with Crippen molar-refractivity contribution in [3.63, 3.8) is 0 Å². The third-order valence-corrected chi connectivity index (χ3v) is 4.28. The smallest absolute Gasteiger partial charge is 0.208 e. The van der Waals surface area contributed by atoms with Gasteiger partial charge in [-0.15, -0.1) is 0 Å². The molecule has 0 aliphatic carbocycles. The van der Waals surface area contributed by atoms with Gasteiger partial charge < -0.3 is 38.3 Å². The summed E-state index contributed by atoms with van der Waals surface area (Å²) >= 11 is 0. The van der Waals surface area contributed by atoms with Gasteiger partial charge in [-0.05, 0) is 12.1 Å². The van der Waals surface area contributed by atoms with E-state index < -0.39 is 11.5 Å². The number of ether oxygens (including phenoxy) is 7. The van der Waals surface area contributed by atoms with Gasteiger partial charge in [0.2, 0.25) is 28.8 Å². The Hall–Kier alpha value is -3.49. The highest BCUT2D eigenvalue weighted by Gasteiger charge is 2.30. The summed E-state index contributed by atoms with van der Waals surface area (Å²) in [7, 11) is 9.79. The Balaban J connectivity index is 2.82. The van der Waals surface area contributed by atoms with Crippen LogP contribution in [0.3, 0.4) is 0 Å². The number of methoxy groups -OCH3 is 7. The summed E-state index contributed by atoms with van der Waals surface area (Å²) in [5, 5.41) is 10.7. The molecule has 0 amide bonds. The average Bonchev–Trinajstić information content (AvgIpc) is 2.76. The molecule has 0 radical (unpaired) electrons. The number of hydrogen-bond donors (Lipinski definition) is 1. The molecular weight excluding hydrogens is 384 g/mol. The molecule has 2 rings (SSSR count). The van der Waals surface area contributed by atoms with Crippen LogP contribution in [0.5, 0.6) is 46.0 Å². The first-order chi connectivity index (χ1) is 13.9. The highest BCUT2D eigenvalue weighted by atomic mass is 16.5. The summed E-state index contributed by atoms with van der Waals surface area (Å²) in [6.07, 6.45) is 0. The van der Waals surface area contributed by atoms with E-state index in [1.165, 1.54) is 61.9 Å². The predicted octanol–water partition coefficient (Wildman–Crippen LogP) is 2.68. The van der Waals surface area contributed by atoms with Crippen molar-refractivity contribution in [1.82, 2.24) is 0 Å². The van der Waals surface area contributed by atoms with Crippen molar-refractivity contribution in [2.24, 2.45) is 0 Å². The number of phenolic OH excluding ortho intramolecular Hbond substituents is 1.